The highest BCUT2D eigenvalue weighted by molar-refractivity contribution is 5.58. The molecule has 0 aromatic carbocycles. The summed E-state index contributed by atoms with van der Waals surface area (Å²) in [5.74, 6) is -0.161. The van der Waals surface area contributed by atoms with E-state index in [1.54, 1.807) is 71.1 Å². The van der Waals surface area contributed by atoms with Crippen LogP contribution in [0.15, 0.2) is 111 Å². The third-order valence-corrected chi connectivity index (χ3v) is 5.82. The molecule has 0 bridgehead atoms. The second-order valence-electron chi connectivity index (χ2n) is 8.63. The number of aromatic nitrogens is 12. The number of alkyl halides is 3. The normalized spacial score (nSPS) is 11.2. The minimum Gasteiger partial charge on any atom is -0.278 e. The van der Waals surface area contributed by atoms with Crippen molar-refractivity contribution in [2.75, 3.05) is 0 Å². The fourth-order valence-corrected chi connectivity index (χ4v) is 3.80. The molecule has 0 amide bonds. The number of nitrogens with one attached hydrogen (secondary N) is 1. The quantitative estimate of drug-likeness (QED) is 0.319. The third-order valence-electron chi connectivity index (χ3n) is 5.82. The van der Waals surface area contributed by atoms with E-state index in [2.05, 4.69) is 45.4 Å². The molecule has 0 unspecified atom stereocenters. The fourth-order valence-electron chi connectivity index (χ4n) is 3.80. The van der Waals surface area contributed by atoms with Gasteiger partial charge in [-0.2, -0.15) is 33.6 Å². The van der Waals surface area contributed by atoms with Gasteiger partial charge in [-0.3, -0.25) is 15.1 Å². The number of hydrogen-bond donors (Lipinski definition) is 1. The van der Waals surface area contributed by atoms with Gasteiger partial charge in [0.05, 0.1) is 47.6 Å². The Morgan fingerprint density at radius 1 is 0.690 bits per heavy atom. The fraction of sp³-hybridized carbons (Fsp3) is 0.0370. The van der Waals surface area contributed by atoms with Crippen LogP contribution in [-0.2, 0) is 6.18 Å². The summed E-state index contributed by atoms with van der Waals surface area (Å²) >= 11 is 0. The maximum atomic E-state index is 12.8. The molecule has 0 atom stereocenters. The van der Waals surface area contributed by atoms with E-state index in [0.29, 0.717) is 11.3 Å². The number of pyridine rings is 2. The van der Waals surface area contributed by atoms with Crippen LogP contribution in [-0.4, -0.2) is 59.5 Å². The third kappa shape index (κ3) is 5.79. The molecule has 0 saturated heterocycles. The van der Waals surface area contributed by atoms with Crippen LogP contribution >= 0.6 is 0 Å². The van der Waals surface area contributed by atoms with Gasteiger partial charge in [0.25, 0.3) is 5.95 Å². The Kier molecular flexibility index (Phi) is 7.03. The van der Waals surface area contributed by atoms with Gasteiger partial charge in [-0.1, -0.05) is 0 Å². The van der Waals surface area contributed by atoms with Crippen molar-refractivity contribution in [3.8, 4) is 39.8 Å². The van der Waals surface area contributed by atoms with E-state index in [4.69, 9.17) is 0 Å². The Morgan fingerprint density at radius 3 is 2.00 bits per heavy atom. The van der Waals surface area contributed by atoms with Crippen molar-refractivity contribution in [3.05, 3.63) is 116 Å². The average molecular weight is 569 g/mol. The molecule has 208 valence electrons. The Bertz CT molecular complexity index is 1870. The molecule has 1 N–H and O–H groups in total. The lowest BCUT2D eigenvalue weighted by Gasteiger charge is -2.06. The number of H-pyrrole nitrogens is 1. The molecule has 7 heterocycles. The lowest BCUT2D eigenvalue weighted by atomic mass is 10.3. The first-order valence-electron chi connectivity index (χ1n) is 12.3. The number of nitrogens with zero attached hydrogens (tertiary/aromatic N) is 11. The minimum atomic E-state index is -4.54. The van der Waals surface area contributed by atoms with E-state index in [9.17, 15) is 13.2 Å². The molecule has 7 aromatic heterocycles. The van der Waals surface area contributed by atoms with E-state index < -0.39 is 11.9 Å². The number of aromatic amines is 1. The molecule has 7 rings (SSSR count). The summed E-state index contributed by atoms with van der Waals surface area (Å²) in [6, 6.07) is 11.8. The Morgan fingerprint density at radius 2 is 1.38 bits per heavy atom. The molecule has 0 aliphatic heterocycles. The highest BCUT2D eigenvalue weighted by atomic mass is 19.4. The predicted octanol–water partition coefficient (Wildman–Crippen LogP) is 4.59. The first kappa shape index (κ1) is 26.2. The molecule has 0 spiro atoms. The van der Waals surface area contributed by atoms with Crippen LogP contribution in [0.5, 0.6) is 0 Å². The summed E-state index contributed by atoms with van der Waals surface area (Å²) in [6.45, 7) is 0. The maximum Gasteiger partial charge on any atom is 0.433 e. The van der Waals surface area contributed by atoms with Gasteiger partial charge in [0.1, 0.15) is 5.69 Å². The van der Waals surface area contributed by atoms with Gasteiger partial charge in [0.15, 0.2) is 0 Å². The Balaban J connectivity index is 0.000000168. The van der Waals surface area contributed by atoms with E-state index >= 15 is 0 Å². The first-order valence-corrected chi connectivity index (χ1v) is 12.3. The molecular formula is C27H19F3N12. The largest absolute Gasteiger partial charge is 0.433 e. The number of rotatable bonds is 5. The standard InChI is InChI=1S/C16H10F3N7.C11H9N5/c17-16(18,19)14-3-6-21-15(23-14)25-7-4-13(24-25)11-8-22-26(10-11)12-2-1-5-20-9-12;1-2-10(7-12-4-1)16-8-9(6-14-16)11-3-5-13-15-11/h1-10H;1-8H,(H,13,15). The van der Waals surface area contributed by atoms with Crippen molar-refractivity contribution >= 4 is 0 Å². The van der Waals surface area contributed by atoms with Crippen LogP contribution in [0.4, 0.5) is 13.2 Å². The van der Waals surface area contributed by atoms with Crippen molar-refractivity contribution < 1.29 is 13.2 Å². The average Bonchev–Trinajstić information content (AvgIpc) is 3.85. The van der Waals surface area contributed by atoms with Crippen LogP contribution < -0.4 is 0 Å². The predicted molar refractivity (Wildman–Crippen MR) is 143 cm³/mol. The van der Waals surface area contributed by atoms with Crippen LogP contribution in [0.1, 0.15) is 5.69 Å². The Hall–Kier alpha value is -5.99. The van der Waals surface area contributed by atoms with Gasteiger partial charge in [0.2, 0.25) is 0 Å². The van der Waals surface area contributed by atoms with Crippen LogP contribution in [0.3, 0.4) is 0 Å². The molecule has 0 aliphatic carbocycles. The molecule has 42 heavy (non-hydrogen) atoms. The zero-order valence-electron chi connectivity index (χ0n) is 21.4. The summed E-state index contributed by atoms with van der Waals surface area (Å²) in [4.78, 5) is 15.4. The summed E-state index contributed by atoms with van der Waals surface area (Å²) in [7, 11) is 0. The van der Waals surface area contributed by atoms with Gasteiger partial charge in [-0.05, 0) is 42.5 Å². The highest BCUT2D eigenvalue weighted by Crippen LogP contribution is 2.27. The molecule has 12 nitrogen and oxygen atoms in total. The van der Waals surface area contributed by atoms with E-state index in [1.807, 2.05) is 30.5 Å². The zero-order chi connectivity index (χ0) is 28.9. The summed E-state index contributed by atoms with van der Waals surface area (Å²) in [5.41, 5.74) is 3.87. The molecule has 0 radical (unpaired) electrons. The summed E-state index contributed by atoms with van der Waals surface area (Å²) in [5, 5.41) is 19.6. The monoisotopic (exact) mass is 568 g/mol. The summed E-state index contributed by atoms with van der Waals surface area (Å²) < 4.78 is 42.9. The Labute approximate surface area is 235 Å². The van der Waals surface area contributed by atoms with Crippen molar-refractivity contribution in [1.29, 1.82) is 0 Å². The molecule has 0 fully saturated rings. The SMILES string of the molecule is FC(F)(F)c1ccnc(-n2ccc(-c3cnn(-c4cccnc4)c3)n2)n1.c1cncc(-n2cc(-c3ccn[nH]3)cn2)c1. The molecule has 15 heteroatoms. The van der Waals surface area contributed by atoms with E-state index in [-0.39, 0.29) is 5.95 Å². The van der Waals surface area contributed by atoms with Crippen molar-refractivity contribution in [2.45, 2.75) is 6.18 Å². The van der Waals surface area contributed by atoms with Crippen LogP contribution in [0.2, 0.25) is 0 Å². The smallest absolute Gasteiger partial charge is 0.278 e. The topological polar surface area (TPSA) is 134 Å². The number of hydrogen-bond acceptors (Lipinski definition) is 8. The van der Waals surface area contributed by atoms with Gasteiger partial charge >= 0.3 is 6.18 Å². The molecule has 0 saturated carbocycles. The van der Waals surface area contributed by atoms with Gasteiger partial charge in [0, 0.05) is 54.5 Å². The van der Waals surface area contributed by atoms with E-state index in [1.165, 1.54) is 10.9 Å². The van der Waals surface area contributed by atoms with Crippen molar-refractivity contribution in [3.63, 3.8) is 0 Å². The lowest BCUT2D eigenvalue weighted by molar-refractivity contribution is -0.141. The van der Waals surface area contributed by atoms with E-state index in [0.717, 1.165) is 34.9 Å². The molecule has 0 aliphatic rings. The lowest BCUT2D eigenvalue weighted by Crippen LogP contribution is -2.11. The van der Waals surface area contributed by atoms with Gasteiger partial charge < -0.3 is 0 Å². The van der Waals surface area contributed by atoms with Crippen molar-refractivity contribution in [2.24, 2.45) is 0 Å². The maximum absolute atomic E-state index is 12.8. The van der Waals surface area contributed by atoms with Gasteiger partial charge in [-0.25, -0.2) is 24.0 Å². The number of halogens is 3. The summed E-state index contributed by atoms with van der Waals surface area (Å²) in [6.07, 6.45) is 13.6. The first-order chi connectivity index (χ1) is 20.4. The van der Waals surface area contributed by atoms with Gasteiger partial charge in [-0.15, -0.1) is 0 Å². The van der Waals surface area contributed by atoms with Crippen molar-refractivity contribution in [1.82, 2.24) is 59.5 Å². The second-order valence-corrected chi connectivity index (χ2v) is 8.63. The molecule has 7 aromatic rings. The van der Waals surface area contributed by atoms with Crippen LogP contribution in [0, 0.1) is 0 Å². The highest BCUT2D eigenvalue weighted by Gasteiger charge is 2.33. The molecular weight excluding hydrogens is 549 g/mol. The van der Waals surface area contributed by atoms with Crippen LogP contribution in [0.25, 0.3) is 39.8 Å². The second kappa shape index (κ2) is 11.2. The zero-order valence-corrected chi connectivity index (χ0v) is 21.4. The minimum absolute atomic E-state index is 0.161.